The average molecular weight is 599 g/mol. The van der Waals surface area contributed by atoms with Gasteiger partial charge in [0.1, 0.15) is 5.75 Å². The summed E-state index contributed by atoms with van der Waals surface area (Å²) in [6, 6.07) is 11.4. The summed E-state index contributed by atoms with van der Waals surface area (Å²) in [7, 11) is -3.87. The molecular weight excluding hydrogens is 560 g/mol. The van der Waals surface area contributed by atoms with Gasteiger partial charge >= 0.3 is 0 Å². The first-order valence-corrected chi connectivity index (χ1v) is 16.8. The van der Waals surface area contributed by atoms with E-state index in [0.717, 1.165) is 49.4 Å². The minimum atomic E-state index is -3.87. The van der Waals surface area contributed by atoms with Gasteiger partial charge in [-0.15, -0.1) is 0 Å². The molecule has 2 bridgehead atoms. The number of sulfonamides is 1. The first-order chi connectivity index (χ1) is 19.7. The Labute approximate surface area is 248 Å². The third kappa shape index (κ3) is 5.51. The van der Waals surface area contributed by atoms with Crippen molar-refractivity contribution in [2.24, 2.45) is 11.8 Å². The molecule has 2 aliphatic carbocycles. The molecule has 0 aromatic heterocycles. The second kappa shape index (κ2) is 11.3. The van der Waals surface area contributed by atoms with Gasteiger partial charge in [0.15, 0.2) is 0 Å². The molecule has 7 nitrogen and oxygen atoms in total. The fourth-order valence-electron chi connectivity index (χ4n) is 7.32. The summed E-state index contributed by atoms with van der Waals surface area (Å²) in [5.41, 5.74) is 3.35. The number of benzene rings is 2. The summed E-state index contributed by atoms with van der Waals surface area (Å²) in [5, 5.41) is 11.1. The van der Waals surface area contributed by atoms with E-state index in [-0.39, 0.29) is 11.3 Å². The molecule has 4 aliphatic rings. The van der Waals surface area contributed by atoms with Crippen molar-refractivity contribution in [2.45, 2.75) is 75.1 Å². The number of carbonyl (C=O) groups excluding carboxylic acids is 1. The van der Waals surface area contributed by atoms with Crippen molar-refractivity contribution in [3.05, 3.63) is 70.3 Å². The van der Waals surface area contributed by atoms with E-state index in [2.05, 4.69) is 21.8 Å². The summed E-state index contributed by atoms with van der Waals surface area (Å²) in [5.74, 6) is 0.492. The number of halogens is 1. The quantitative estimate of drug-likeness (QED) is 0.428. The topological polar surface area (TPSA) is 95.9 Å². The van der Waals surface area contributed by atoms with Gasteiger partial charge in [0.05, 0.1) is 23.6 Å². The lowest BCUT2D eigenvalue weighted by molar-refractivity contribution is 0.0456. The van der Waals surface area contributed by atoms with Crippen LogP contribution >= 0.6 is 11.6 Å². The van der Waals surface area contributed by atoms with Crippen molar-refractivity contribution in [3.63, 3.8) is 0 Å². The van der Waals surface area contributed by atoms with E-state index in [1.54, 1.807) is 18.2 Å². The fourth-order valence-corrected chi connectivity index (χ4v) is 8.94. The Morgan fingerprint density at radius 1 is 1.17 bits per heavy atom. The SMILES string of the molecule is CC[C@@H]1CC/C=C/[C@@H](O)[C@@H]2CC[C@H]2CN2C[C@@]3(CCCc4cc(Cl)ccc43)COc3ccc(cc32)C(=O)NS1(=O)=O. The molecule has 0 saturated heterocycles. The van der Waals surface area contributed by atoms with E-state index in [4.69, 9.17) is 16.3 Å². The smallest absolute Gasteiger partial charge is 0.264 e. The molecule has 1 amide bonds. The maximum absolute atomic E-state index is 13.3. The van der Waals surface area contributed by atoms with Crippen LogP contribution in [0.5, 0.6) is 5.75 Å². The van der Waals surface area contributed by atoms with Gasteiger partial charge in [-0.25, -0.2) is 13.1 Å². The Bertz CT molecular complexity index is 1460. The van der Waals surface area contributed by atoms with Crippen LogP contribution in [-0.4, -0.2) is 50.5 Å². The van der Waals surface area contributed by atoms with Crippen LogP contribution in [0.1, 0.15) is 73.4 Å². The number of ether oxygens (including phenoxy) is 1. The Balaban J connectivity index is 1.42. The molecule has 1 spiro atoms. The molecule has 2 aliphatic heterocycles. The molecule has 9 heteroatoms. The number of aliphatic hydroxyl groups excluding tert-OH is 1. The van der Waals surface area contributed by atoms with Crippen molar-refractivity contribution in [1.82, 2.24) is 4.72 Å². The minimum absolute atomic E-state index is 0.136. The number of hydrogen-bond acceptors (Lipinski definition) is 6. The van der Waals surface area contributed by atoms with Crippen molar-refractivity contribution >= 4 is 33.2 Å². The summed E-state index contributed by atoms with van der Waals surface area (Å²) in [6.45, 7) is 3.74. The predicted octanol–water partition coefficient (Wildman–Crippen LogP) is 5.39. The molecule has 41 heavy (non-hydrogen) atoms. The number of hydrogen-bond donors (Lipinski definition) is 2. The van der Waals surface area contributed by atoms with Crippen LogP contribution in [0.25, 0.3) is 0 Å². The lowest BCUT2D eigenvalue weighted by Gasteiger charge is -2.45. The molecule has 2 aromatic rings. The van der Waals surface area contributed by atoms with Crippen LogP contribution in [0.2, 0.25) is 5.02 Å². The molecule has 2 aromatic carbocycles. The number of aliphatic hydroxyl groups is 1. The van der Waals surface area contributed by atoms with E-state index in [9.17, 15) is 18.3 Å². The maximum atomic E-state index is 13.3. The normalized spacial score (nSPS) is 32.0. The fraction of sp³-hybridized carbons (Fsp3) is 0.531. The molecule has 6 rings (SSSR count). The summed E-state index contributed by atoms with van der Waals surface area (Å²) >= 11 is 6.38. The minimum Gasteiger partial charge on any atom is -0.490 e. The lowest BCUT2D eigenvalue weighted by atomic mass is 9.68. The standard InChI is InChI=1S/C32H39ClN2O5S/c1-2-25-7-3-4-8-29(36)26-12-9-23(26)18-35-19-32(15-5-6-21-16-24(33)11-13-27(21)32)20-40-30-14-10-22(17-28(30)35)31(37)34-41(25,38)39/h4,8,10-11,13-14,16-17,23,25-26,29,36H,2-3,5-7,9,12,15,18-20H2,1H3,(H,34,37)/b8-4+/t23-,25+,26+,29+,32-/m0/s1. The number of rotatable bonds is 1. The number of amides is 1. The second-order valence-electron chi connectivity index (χ2n) is 12.3. The van der Waals surface area contributed by atoms with Gasteiger partial charge in [-0.3, -0.25) is 4.79 Å². The molecule has 5 atom stereocenters. The van der Waals surface area contributed by atoms with Crippen molar-refractivity contribution in [2.75, 3.05) is 24.6 Å². The molecule has 2 heterocycles. The number of aryl methyl sites for hydroxylation is 1. The van der Waals surface area contributed by atoms with Crippen LogP contribution in [0, 0.1) is 11.8 Å². The van der Waals surface area contributed by atoms with E-state index in [1.807, 2.05) is 25.1 Å². The van der Waals surface area contributed by atoms with E-state index in [1.165, 1.54) is 11.1 Å². The Hall–Kier alpha value is -2.55. The zero-order valence-corrected chi connectivity index (χ0v) is 25.1. The second-order valence-corrected chi connectivity index (χ2v) is 14.7. The number of carbonyl (C=O) groups is 1. The first kappa shape index (κ1) is 28.6. The largest absolute Gasteiger partial charge is 0.490 e. The third-order valence-corrected chi connectivity index (χ3v) is 11.9. The Kier molecular flexibility index (Phi) is 7.85. The first-order valence-electron chi connectivity index (χ1n) is 14.9. The van der Waals surface area contributed by atoms with Gasteiger partial charge in [-0.2, -0.15) is 0 Å². The van der Waals surface area contributed by atoms with E-state index >= 15 is 0 Å². The van der Waals surface area contributed by atoms with Crippen molar-refractivity contribution < 1.29 is 23.1 Å². The van der Waals surface area contributed by atoms with Crippen molar-refractivity contribution in [3.8, 4) is 5.75 Å². The van der Waals surface area contributed by atoms with Gasteiger partial charge < -0.3 is 14.7 Å². The van der Waals surface area contributed by atoms with E-state index < -0.39 is 27.3 Å². The number of nitrogens with one attached hydrogen (secondary N) is 1. The van der Waals surface area contributed by atoms with Crippen LogP contribution in [0.15, 0.2) is 48.6 Å². The van der Waals surface area contributed by atoms with Crippen LogP contribution in [0.3, 0.4) is 0 Å². The third-order valence-electron chi connectivity index (χ3n) is 9.79. The summed E-state index contributed by atoms with van der Waals surface area (Å²) in [6.07, 6.45) is 9.41. The number of anilines is 1. The highest BCUT2D eigenvalue weighted by molar-refractivity contribution is 7.90. The molecule has 1 saturated carbocycles. The highest BCUT2D eigenvalue weighted by Crippen LogP contribution is 2.46. The van der Waals surface area contributed by atoms with Gasteiger partial charge in [0.25, 0.3) is 5.91 Å². The Morgan fingerprint density at radius 2 is 2.02 bits per heavy atom. The van der Waals surface area contributed by atoms with Gasteiger partial charge in [-0.05, 0) is 105 Å². The molecular formula is C32H39ClN2O5S. The van der Waals surface area contributed by atoms with E-state index in [0.29, 0.717) is 49.6 Å². The average Bonchev–Trinajstić information content (AvgIpc) is 3.07. The molecule has 1 fully saturated rings. The monoisotopic (exact) mass is 598 g/mol. The van der Waals surface area contributed by atoms with Gasteiger partial charge in [-0.1, -0.05) is 36.7 Å². The molecule has 2 N–H and O–H groups in total. The van der Waals surface area contributed by atoms with Crippen molar-refractivity contribution in [1.29, 1.82) is 0 Å². The zero-order chi connectivity index (χ0) is 28.8. The number of fused-ring (bicyclic) bond motifs is 4. The summed E-state index contributed by atoms with van der Waals surface area (Å²) in [4.78, 5) is 15.6. The van der Waals surface area contributed by atoms with Crippen LogP contribution in [0.4, 0.5) is 5.69 Å². The molecule has 220 valence electrons. The maximum Gasteiger partial charge on any atom is 0.264 e. The predicted molar refractivity (Wildman–Crippen MR) is 161 cm³/mol. The Morgan fingerprint density at radius 3 is 2.80 bits per heavy atom. The van der Waals surface area contributed by atoms with Gasteiger partial charge in [0, 0.05) is 29.1 Å². The highest BCUT2D eigenvalue weighted by Gasteiger charge is 2.44. The zero-order valence-electron chi connectivity index (χ0n) is 23.5. The van der Waals surface area contributed by atoms with Crippen LogP contribution in [-0.2, 0) is 21.9 Å². The number of allylic oxidation sites excluding steroid dienone is 1. The summed E-state index contributed by atoms with van der Waals surface area (Å²) < 4.78 is 35.1. The van der Waals surface area contributed by atoms with Gasteiger partial charge in [0.2, 0.25) is 10.0 Å². The highest BCUT2D eigenvalue weighted by atomic mass is 35.5. The lowest BCUT2D eigenvalue weighted by Crippen LogP contribution is -2.49. The number of nitrogens with zero attached hydrogens (tertiary/aromatic N) is 1. The van der Waals surface area contributed by atoms with Crippen LogP contribution < -0.4 is 14.4 Å². The molecule has 0 unspecified atom stereocenters. The molecule has 0 radical (unpaired) electrons.